The molecule has 0 aliphatic rings. The van der Waals surface area contributed by atoms with E-state index in [0.29, 0.717) is 5.69 Å². The van der Waals surface area contributed by atoms with Crippen molar-refractivity contribution in [1.82, 2.24) is 0 Å². The number of thiocarbonyl (C=S) groups is 1. The van der Waals surface area contributed by atoms with Crippen LogP contribution in [0.15, 0.2) is 24.3 Å². The summed E-state index contributed by atoms with van der Waals surface area (Å²) in [6, 6.07) is 6.15. The molecule has 0 fully saturated rings. The van der Waals surface area contributed by atoms with Crippen molar-refractivity contribution in [1.29, 1.82) is 0 Å². The minimum absolute atomic E-state index is 0.104. The van der Waals surface area contributed by atoms with Gasteiger partial charge in [-0.05, 0) is 30.4 Å². The third kappa shape index (κ3) is 2.86. The van der Waals surface area contributed by atoms with Gasteiger partial charge in [0.1, 0.15) is 0 Å². The van der Waals surface area contributed by atoms with Gasteiger partial charge in [-0.2, -0.15) is 0 Å². The summed E-state index contributed by atoms with van der Waals surface area (Å²) in [6.45, 7) is 0. The fraction of sp³-hybridized carbons (Fsp3) is 0. The van der Waals surface area contributed by atoms with Crippen LogP contribution in [0.5, 0.6) is 0 Å². The molecule has 0 amide bonds. The Morgan fingerprint density at radius 3 is 2.85 bits per heavy atom. The molecule has 13 heavy (non-hydrogen) atoms. The van der Waals surface area contributed by atoms with Crippen LogP contribution >= 0.6 is 12.2 Å². The monoisotopic (exact) mass is 198 g/mol. The van der Waals surface area contributed by atoms with E-state index in [1.165, 1.54) is 12.1 Å². The predicted molar refractivity (Wildman–Crippen MR) is 54.5 cm³/mol. The first-order valence-electron chi connectivity index (χ1n) is 3.42. The van der Waals surface area contributed by atoms with Gasteiger partial charge in [0.25, 0.3) is 0 Å². The van der Waals surface area contributed by atoms with E-state index in [2.05, 4.69) is 17.5 Å². The molecule has 0 spiro atoms. The summed E-state index contributed by atoms with van der Waals surface area (Å²) in [7, 11) is 0. The van der Waals surface area contributed by atoms with Crippen molar-refractivity contribution in [2.24, 2.45) is 5.73 Å². The Kier molecular flexibility index (Phi) is 3.02. The van der Waals surface area contributed by atoms with Crippen molar-refractivity contribution in [2.45, 2.75) is 0 Å². The zero-order chi connectivity index (χ0) is 9.84. The van der Waals surface area contributed by atoms with Gasteiger partial charge in [0, 0.05) is 5.69 Å². The molecule has 1 rings (SSSR count). The van der Waals surface area contributed by atoms with Crippen molar-refractivity contribution in [2.75, 3.05) is 10.5 Å². The van der Waals surface area contributed by atoms with Crippen LogP contribution < -0.4 is 16.3 Å². The highest BCUT2D eigenvalue weighted by atomic mass is 32.1. The molecule has 0 atom stereocenters. The second kappa shape index (κ2) is 4.04. The van der Waals surface area contributed by atoms with E-state index < -0.39 is 0 Å². The standard InChI is InChI=1S/C7H8N3O2S/c8-7(13)9-5-2-1-3-6(4-5)10(11)12/h1-4,11H,(H3,8,9,13)/q-1. The number of nitrogens with zero attached hydrogens (tertiary/aromatic N) is 1. The molecule has 70 valence electrons. The van der Waals surface area contributed by atoms with Gasteiger partial charge in [0.05, 0.1) is 5.69 Å². The molecule has 0 saturated carbocycles. The van der Waals surface area contributed by atoms with E-state index >= 15 is 0 Å². The molecular formula is C7H8N3O2S-. The Hall–Kier alpha value is -1.37. The van der Waals surface area contributed by atoms with E-state index in [1.807, 2.05) is 0 Å². The second-order valence-electron chi connectivity index (χ2n) is 2.31. The highest BCUT2D eigenvalue weighted by Gasteiger charge is 1.95. The summed E-state index contributed by atoms with van der Waals surface area (Å²) in [5, 5.41) is 21.5. The first-order chi connectivity index (χ1) is 6.09. The SMILES string of the molecule is NC(=S)Nc1cccc(N([O-])O)c1. The largest absolute Gasteiger partial charge is 0.733 e. The van der Waals surface area contributed by atoms with Gasteiger partial charge in [-0.1, -0.05) is 6.07 Å². The molecule has 0 heterocycles. The van der Waals surface area contributed by atoms with Crippen molar-refractivity contribution in [3.05, 3.63) is 29.5 Å². The first kappa shape index (κ1) is 9.72. The van der Waals surface area contributed by atoms with Crippen molar-refractivity contribution < 1.29 is 5.21 Å². The summed E-state index contributed by atoms with van der Waals surface area (Å²) < 4.78 is 0. The Bertz CT molecular complexity index is 316. The van der Waals surface area contributed by atoms with Crippen LogP contribution in [0.25, 0.3) is 0 Å². The van der Waals surface area contributed by atoms with Gasteiger partial charge in [-0.25, -0.2) is 0 Å². The fourth-order valence-corrected chi connectivity index (χ4v) is 0.963. The number of nitrogens with one attached hydrogen (secondary N) is 1. The molecular weight excluding hydrogens is 190 g/mol. The Balaban J connectivity index is 2.85. The summed E-state index contributed by atoms with van der Waals surface area (Å²) in [6.07, 6.45) is 0. The molecule has 1 aromatic rings. The Morgan fingerprint density at radius 1 is 1.62 bits per heavy atom. The van der Waals surface area contributed by atoms with E-state index in [-0.39, 0.29) is 16.0 Å². The van der Waals surface area contributed by atoms with Gasteiger partial charge in [-0.15, -0.1) is 0 Å². The normalized spacial score (nSPS) is 9.38. The van der Waals surface area contributed by atoms with E-state index in [0.717, 1.165) is 0 Å². The minimum Gasteiger partial charge on any atom is -0.733 e. The van der Waals surface area contributed by atoms with Crippen LogP contribution in [0.3, 0.4) is 0 Å². The van der Waals surface area contributed by atoms with Gasteiger partial charge >= 0.3 is 0 Å². The maximum atomic E-state index is 10.5. The van der Waals surface area contributed by atoms with Gasteiger partial charge in [-0.3, -0.25) is 5.21 Å². The highest BCUT2D eigenvalue weighted by molar-refractivity contribution is 7.80. The molecule has 0 saturated heterocycles. The maximum Gasteiger partial charge on any atom is 0.168 e. The lowest BCUT2D eigenvalue weighted by molar-refractivity contribution is 0.296. The summed E-state index contributed by atoms with van der Waals surface area (Å²) in [4.78, 5) is 0. The smallest absolute Gasteiger partial charge is 0.168 e. The van der Waals surface area contributed by atoms with E-state index in [9.17, 15) is 5.21 Å². The predicted octanol–water partition coefficient (Wildman–Crippen LogP) is 1.04. The van der Waals surface area contributed by atoms with Crippen LogP contribution in [0.2, 0.25) is 0 Å². The fourth-order valence-electron chi connectivity index (χ4n) is 0.845. The minimum atomic E-state index is -0.231. The number of benzene rings is 1. The number of rotatable bonds is 2. The molecule has 0 aromatic heterocycles. The number of hydrogen-bond acceptors (Lipinski definition) is 4. The maximum absolute atomic E-state index is 10.5. The Labute approximate surface area is 80.3 Å². The molecule has 0 aliphatic carbocycles. The molecule has 1 aromatic carbocycles. The van der Waals surface area contributed by atoms with Crippen LogP contribution in [0, 0.1) is 5.21 Å². The highest BCUT2D eigenvalue weighted by Crippen LogP contribution is 2.16. The number of nitrogens with two attached hydrogens (primary N) is 1. The average Bonchev–Trinajstić information content (AvgIpc) is 2.03. The zero-order valence-corrected chi connectivity index (χ0v) is 7.41. The van der Waals surface area contributed by atoms with Gasteiger partial charge in [0.15, 0.2) is 5.11 Å². The molecule has 0 aliphatic heterocycles. The molecule has 0 radical (unpaired) electrons. The molecule has 5 nitrogen and oxygen atoms in total. The molecule has 6 heteroatoms. The lowest BCUT2D eigenvalue weighted by Crippen LogP contribution is -2.19. The van der Waals surface area contributed by atoms with Gasteiger partial charge in [0.2, 0.25) is 0 Å². The van der Waals surface area contributed by atoms with Crippen LogP contribution in [0.4, 0.5) is 11.4 Å². The second-order valence-corrected chi connectivity index (χ2v) is 2.75. The molecule has 0 bridgehead atoms. The van der Waals surface area contributed by atoms with Crippen LogP contribution in [0.1, 0.15) is 0 Å². The van der Waals surface area contributed by atoms with Gasteiger partial charge < -0.3 is 21.5 Å². The van der Waals surface area contributed by atoms with Crippen LogP contribution in [-0.4, -0.2) is 10.3 Å². The zero-order valence-electron chi connectivity index (χ0n) is 6.60. The van der Waals surface area contributed by atoms with Crippen molar-refractivity contribution in [3.63, 3.8) is 0 Å². The summed E-state index contributed by atoms with van der Waals surface area (Å²) in [5.74, 6) is 0. The summed E-state index contributed by atoms with van der Waals surface area (Å²) >= 11 is 4.60. The lowest BCUT2D eigenvalue weighted by atomic mass is 10.3. The molecule has 0 unspecified atom stereocenters. The van der Waals surface area contributed by atoms with E-state index in [1.54, 1.807) is 12.1 Å². The third-order valence-corrected chi connectivity index (χ3v) is 1.44. The number of hydrogen-bond donors (Lipinski definition) is 3. The molecule has 4 N–H and O–H groups in total. The topological polar surface area (TPSA) is 84.6 Å². The Morgan fingerprint density at radius 2 is 2.31 bits per heavy atom. The van der Waals surface area contributed by atoms with E-state index in [4.69, 9.17) is 10.9 Å². The van der Waals surface area contributed by atoms with Crippen molar-refractivity contribution >= 4 is 28.7 Å². The first-order valence-corrected chi connectivity index (χ1v) is 3.83. The lowest BCUT2D eigenvalue weighted by Gasteiger charge is -2.21. The average molecular weight is 198 g/mol. The number of anilines is 2. The quantitative estimate of drug-likeness (QED) is 0.486. The summed E-state index contributed by atoms with van der Waals surface area (Å²) in [5.41, 5.74) is 5.88. The van der Waals surface area contributed by atoms with Crippen LogP contribution in [-0.2, 0) is 0 Å². The van der Waals surface area contributed by atoms with Crippen molar-refractivity contribution in [3.8, 4) is 0 Å². The third-order valence-electron chi connectivity index (χ3n) is 1.33.